The molecule has 0 aliphatic heterocycles. The van der Waals surface area contributed by atoms with Crippen LogP contribution in [0.4, 0.5) is 0 Å². The van der Waals surface area contributed by atoms with Crippen LogP contribution in [-0.2, 0) is 0 Å². The van der Waals surface area contributed by atoms with Crippen molar-refractivity contribution in [1.82, 2.24) is 5.32 Å². The van der Waals surface area contributed by atoms with Crippen molar-refractivity contribution in [2.45, 2.75) is 45.6 Å². The van der Waals surface area contributed by atoms with Crippen molar-refractivity contribution in [1.29, 1.82) is 0 Å². The van der Waals surface area contributed by atoms with Crippen LogP contribution in [0.25, 0.3) is 0 Å². The van der Waals surface area contributed by atoms with Crippen molar-refractivity contribution in [2.24, 2.45) is 0 Å². The average Bonchev–Trinajstić information content (AvgIpc) is 2.90. The van der Waals surface area contributed by atoms with Crippen LogP contribution in [0.15, 0.2) is 46.9 Å². The van der Waals surface area contributed by atoms with Gasteiger partial charge in [-0.2, -0.15) is 0 Å². The van der Waals surface area contributed by atoms with E-state index in [9.17, 15) is 0 Å². The molecule has 2 rings (SSSR count). The van der Waals surface area contributed by atoms with E-state index in [0.717, 1.165) is 30.9 Å². The van der Waals surface area contributed by atoms with Crippen molar-refractivity contribution in [3.05, 3.63) is 59.5 Å². The van der Waals surface area contributed by atoms with Crippen LogP contribution >= 0.6 is 0 Å². The molecule has 0 amide bonds. The van der Waals surface area contributed by atoms with Gasteiger partial charge in [0.25, 0.3) is 0 Å². The normalized spacial score (nSPS) is 14.2. The van der Waals surface area contributed by atoms with E-state index >= 15 is 0 Å². The lowest BCUT2D eigenvalue weighted by atomic mass is 9.87. The smallest absolute Gasteiger partial charge is 0.121 e. The molecule has 1 aromatic carbocycles. The first-order valence-electron chi connectivity index (χ1n) is 7.60. The third-order valence-corrected chi connectivity index (χ3v) is 3.75. The van der Waals surface area contributed by atoms with Crippen LogP contribution in [0.1, 0.15) is 55.7 Å². The highest BCUT2D eigenvalue weighted by Gasteiger charge is 2.25. The minimum Gasteiger partial charge on any atom is -0.465 e. The molecule has 20 heavy (non-hydrogen) atoms. The van der Waals surface area contributed by atoms with Crippen LogP contribution in [0, 0.1) is 6.92 Å². The molecule has 0 saturated carbocycles. The quantitative estimate of drug-likeness (QED) is 0.780. The van der Waals surface area contributed by atoms with Crippen LogP contribution in [0.3, 0.4) is 0 Å². The lowest BCUT2D eigenvalue weighted by Gasteiger charge is -2.26. The molecule has 0 aliphatic rings. The Balaban J connectivity index is 2.28. The maximum absolute atomic E-state index is 5.88. The van der Waals surface area contributed by atoms with Crippen LogP contribution in [-0.4, -0.2) is 6.54 Å². The Labute approximate surface area is 122 Å². The predicted octanol–water partition coefficient (Wildman–Crippen LogP) is 4.82. The van der Waals surface area contributed by atoms with Gasteiger partial charge in [-0.15, -0.1) is 0 Å². The third kappa shape index (κ3) is 3.51. The summed E-state index contributed by atoms with van der Waals surface area (Å²) in [5.74, 6) is 2.46. The van der Waals surface area contributed by atoms with Gasteiger partial charge in [-0.3, -0.25) is 0 Å². The van der Waals surface area contributed by atoms with Crippen LogP contribution < -0.4 is 5.32 Å². The first-order chi connectivity index (χ1) is 9.76. The Morgan fingerprint density at radius 3 is 2.35 bits per heavy atom. The summed E-state index contributed by atoms with van der Waals surface area (Å²) in [5.41, 5.74) is 1.37. The first-order valence-corrected chi connectivity index (χ1v) is 7.60. The molecule has 2 aromatic rings. The molecule has 1 heterocycles. The van der Waals surface area contributed by atoms with Crippen molar-refractivity contribution in [3.63, 3.8) is 0 Å². The van der Waals surface area contributed by atoms with Gasteiger partial charge in [0.05, 0.1) is 6.04 Å². The molecule has 1 aromatic heterocycles. The number of hydrogen-bond donors (Lipinski definition) is 1. The van der Waals surface area contributed by atoms with Crippen molar-refractivity contribution < 1.29 is 4.42 Å². The fraction of sp³-hybridized carbons (Fsp3) is 0.444. The highest BCUT2D eigenvalue weighted by Crippen LogP contribution is 2.34. The molecule has 0 saturated heterocycles. The second-order valence-electron chi connectivity index (χ2n) is 5.31. The molecular weight excluding hydrogens is 246 g/mol. The van der Waals surface area contributed by atoms with Gasteiger partial charge in [0, 0.05) is 5.92 Å². The summed E-state index contributed by atoms with van der Waals surface area (Å²) in [6, 6.07) is 15.1. The number of furan rings is 1. The van der Waals surface area contributed by atoms with Crippen molar-refractivity contribution >= 4 is 0 Å². The average molecular weight is 271 g/mol. The molecule has 0 aliphatic carbocycles. The molecule has 2 nitrogen and oxygen atoms in total. The second-order valence-corrected chi connectivity index (χ2v) is 5.31. The van der Waals surface area contributed by atoms with Gasteiger partial charge in [-0.1, -0.05) is 44.2 Å². The fourth-order valence-electron chi connectivity index (χ4n) is 2.73. The monoisotopic (exact) mass is 271 g/mol. The van der Waals surface area contributed by atoms with E-state index in [4.69, 9.17) is 4.42 Å². The number of rotatable bonds is 7. The van der Waals surface area contributed by atoms with Crippen LogP contribution in [0.2, 0.25) is 0 Å². The zero-order valence-corrected chi connectivity index (χ0v) is 12.7. The summed E-state index contributed by atoms with van der Waals surface area (Å²) in [6.45, 7) is 7.45. The minimum atomic E-state index is 0.246. The zero-order valence-electron chi connectivity index (χ0n) is 12.7. The second kappa shape index (κ2) is 7.30. The molecule has 0 spiro atoms. The highest BCUT2D eigenvalue weighted by molar-refractivity contribution is 5.24. The molecular formula is C18H25NO. The van der Waals surface area contributed by atoms with E-state index in [1.807, 2.05) is 13.0 Å². The van der Waals surface area contributed by atoms with E-state index in [2.05, 4.69) is 55.6 Å². The van der Waals surface area contributed by atoms with E-state index in [1.165, 1.54) is 5.56 Å². The highest BCUT2D eigenvalue weighted by atomic mass is 16.3. The number of aryl methyl sites for hydroxylation is 1. The van der Waals surface area contributed by atoms with Gasteiger partial charge in [0.1, 0.15) is 11.5 Å². The van der Waals surface area contributed by atoms with E-state index in [-0.39, 0.29) is 6.04 Å². The molecule has 2 atom stereocenters. The summed E-state index contributed by atoms with van der Waals surface area (Å²) in [5, 5.41) is 3.65. The number of benzene rings is 1. The molecule has 2 unspecified atom stereocenters. The lowest BCUT2D eigenvalue weighted by Crippen LogP contribution is -2.27. The van der Waals surface area contributed by atoms with Crippen molar-refractivity contribution in [2.75, 3.05) is 6.54 Å². The van der Waals surface area contributed by atoms with E-state index in [1.54, 1.807) is 0 Å². The Kier molecular flexibility index (Phi) is 5.42. The molecule has 0 fully saturated rings. The number of hydrogen-bond acceptors (Lipinski definition) is 2. The maximum atomic E-state index is 5.88. The fourth-order valence-corrected chi connectivity index (χ4v) is 2.73. The Hall–Kier alpha value is -1.54. The minimum absolute atomic E-state index is 0.246. The molecule has 2 heteroatoms. The summed E-state index contributed by atoms with van der Waals surface area (Å²) in [7, 11) is 0. The Bertz CT molecular complexity index is 503. The topological polar surface area (TPSA) is 25.2 Å². The lowest BCUT2D eigenvalue weighted by molar-refractivity contribution is 0.352. The van der Waals surface area contributed by atoms with E-state index in [0.29, 0.717) is 5.92 Å². The third-order valence-electron chi connectivity index (χ3n) is 3.75. The molecule has 1 N–H and O–H groups in total. The number of nitrogens with one attached hydrogen (secondary N) is 1. The summed E-state index contributed by atoms with van der Waals surface area (Å²) in [6.07, 6.45) is 2.21. The standard InChI is InChI=1S/C18H25NO/c1-4-13-19-18(17-12-11-14(3)20-17)16(5-2)15-9-7-6-8-10-15/h6-12,16,18-19H,4-5,13H2,1-3H3. The zero-order chi connectivity index (χ0) is 14.4. The molecule has 0 radical (unpaired) electrons. The molecule has 0 bridgehead atoms. The SMILES string of the molecule is CCCNC(c1ccc(C)o1)C(CC)c1ccccc1. The summed E-state index contributed by atoms with van der Waals surface area (Å²) in [4.78, 5) is 0. The van der Waals surface area contributed by atoms with E-state index < -0.39 is 0 Å². The van der Waals surface area contributed by atoms with Gasteiger partial charge in [-0.05, 0) is 44.0 Å². The predicted molar refractivity (Wildman–Crippen MR) is 84.0 cm³/mol. The Morgan fingerprint density at radius 1 is 1.05 bits per heavy atom. The van der Waals surface area contributed by atoms with Gasteiger partial charge in [-0.25, -0.2) is 0 Å². The van der Waals surface area contributed by atoms with Crippen molar-refractivity contribution in [3.8, 4) is 0 Å². The maximum Gasteiger partial charge on any atom is 0.121 e. The largest absolute Gasteiger partial charge is 0.465 e. The molecule has 108 valence electrons. The van der Waals surface area contributed by atoms with Gasteiger partial charge >= 0.3 is 0 Å². The summed E-state index contributed by atoms with van der Waals surface area (Å²) < 4.78 is 5.88. The first kappa shape index (κ1) is 14.9. The van der Waals surface area contributed by atoms with Gasteiger partial charge < -0.3 is 9.73 Å². The van der Waals surface area contributed by atoms with Gasteiger partial charge in [0.2, 0.25) is 0 Å². The Morgan fingerprint density at radius 2 is 1.80 bits per heavy atom. The summed E-state index contributed by atoms with van der Waals surface area (Å²) >= 11 is 0. The van der Waals surface area contributed by atoms with Gasteiger partial charge in [0.15, 0.2) is 0 Å². The van der Waals surface area contributed by atoms with Crippen LogP contribution in [0.5, 0.6) is 0 Å².